The molecule has 0 spiro atoms. The van der Waals surface area contributed by atoms with Crippen molar-refractivity contribution >= 4 is 11.9 Å². The van der Waals surface area contributed by atoms with Crippen molar-refractivity contribution < 1.29 is 9.53 Å². The standard InChI is InChI=1S/C21H32N4O2/c1-24(2)20(26)16-22-21(23-17-8-6-7-9-17)25-14-12-19(13-15-25)27-18-10-4-3-5-11-18/h3-5,10-11,17,19H,6-9,12-16H2,1-2H3,(H,22,23). The Morgan fingerprint density at radius 1 is 1.15 bits per heavy atom. The SMILES string of the molecule is CN(C)C(=O)CN=C(NC1CCCC1)N1CCC(Oc2ccccc2)CC1. The van der Waals surface area contributed by atoms with Crippen LogP contribution in [0.15, 0.2) is 35.3 Å². The first-order valence-electron chi connectivity index (χ1n) is 10.1. The molecule has 2 fully saturated rings. The van der Waals surface area contributed by atoms with Crippen LogP contribution in [0.3, 0.4) is 0 Å². The van der Waals surface area contributed by atoms with Gasteiger partial charge in [0, 0.05) is 46.1 Å². The normalized spacial score (nSPS) is 19.2. The van der Waals surface area contributed by atoms with Crippen molar-refractivity contribution in [1.82, 2.24) is 15.1 Å². The fraction of sp³-hybridized carbons (Fsp3) is 0.619. The molecule has 1 aromatic rings. The maximum absolute atomic E-state index is 12.0. The van der Waals surface area contributed by atoms with Crippen LogP contribution in [0.4, 0.5) is 0 Å². The lowest BCUT2D eigenvalue weighted by atomic mass is 10.1. The van der Waals surface area contributed by atoms with Gasteiger partial charge in [0.15, 0.2) is 5.96 Å². The summed E-state index contributed by atoms with van der Waals surface area (Å²) < 4.78 is 6.10. The molecule has 1 saturated carbocycles. The molecule has 1 heterocycles. The van der Waals surface area contributed by atoms with Gasteiger partial charge in [-0.05, 0) is 25.0 Å². The van der Waals surface area contributed by atoms with E-state index in [1.54, 1.807) is 19.0 Å². The fourth-order valence-electron chi connectivity index (χ4n) is 3.65. The third-order valence-electron chi connectivity index (χ3n) is 5.34. The summed E-state index contributed by atoms with van der Waals surface area (Å²) in [6, 6.07) is 10.5. The van der Waals surface area contributed by atoms with E-state index in [9.17, 15) is 4.79 Å². The second-order valence-electron chi connectivity index (χ2n) is 7.67. The van der Waals surface area contributed by atoms with Crippen molar-refractivity contribution in [2.24, 2.45) is 4.99 Å². The van der Waals surface area contributed by atoms with Gasteiger partial charge in [0.2, 0.25) is 5.91 Å². The summed E-state index contributed by atoms with van der Waals surface area (Å²) in [5.41, 5.74) is 0. The molecule has 6 nitrogen and oxygen atoms in total. The molecule has 1 aliphatic carbocycles. The summed E-state index contributed by atoms with van der Waals surface area (Å²) in [7, 11) is 3.54. The Hall–Kier alpha value is -2.24. The highest BCUT2D eigenvalue weighted by Gasteiger charge is 2.25. The minimum atomic E-state index is 0.0306. The van der Waals surface area contributed by atoms with Gasteiger partial charge in [0.1, 0.15) is 18.4 Å². The fourth-order valence-corrected chi connectivity index (χ4v) is 3.65. The Morgan fingerprint density at radius 2 is 1.81 bits per heavy atom. The van der Waals surface area contributed by atoms with Gasteiger partial charge in [0.05, 0.1) is 0 Å². The molecule has 0 bridgehead atoms. The topological polar surface area (TPSA) is 57.2 Å². The Kier molecular flexibility index (Phi) is 6.96. The summed E-state index contributed by atoms with van der Waals surface area (Å²) in [6.07, 6.45) is 7.08. The van der Waals surface area contributed by atoms with Gasteiger partial charge in [-0.3, -0.25) is 4.79 Å². The zero-order valence-corrected chi connectivity index (χ0v) is 16.6. The van der Waals surface area contributed by atoms with Crippen LogP contribution in [0, 0.1) is 0 Å². The highest BCUT2D eigenvalue weighted by molar-refractivity contribution is 5.85. The van der Waals surface area contributed by atoms with Crippen molar-refractivity contribution in [2.75, 3.05) is 33.7 Å². The third-order valence-corrected chi connectivity index (χ3v) is 5.34. The van der Waals surface area contributed by atoms with Crippen LogP contribution in [-0.4, -0.2) is 67.5 Å². The van der Waals surface area contributed by atoms with E-state index in [0.29, 0.717) is 6.04 Å². The average Bonchev–Trinajstić information content (AvgIpc) is 3.19. The minimum absolute atomic E-state index is 0.0306. The molecule has 6 heteroatoms. The van der Waals surface area contributed by atoms with Gasteiger partial charge in [-0.25, -0.2) is 4.99 Å². The average molecular weight is 373 g/mol. The number of nitrogens with zero attached hydrogens (tertiary/aromatic N) is 3. The van der Waals surface area contributed by atoms with E-state index in [0.717, 1.165) is 37.6 Å². The first kappa shape index (κ1) is 19.5. The van der Waals surface area contributed by atoms with E-state index in [-0.39, 0.29) is 18.6 Å². The molecule has 3 rings (SSSR count). The molecule has 2 aliphatic rings. The molecule has 0 aromatic heterocycles. The lowest BCUT2D eigenvalue weighted by molar-refractivity contribution is -0.127. The number of piperidine rings is 1. The van der Waals surface area contributed by atoms with Crippen LogP contribution in [-0.2, 0) is 4.79 Å². The molecule has 1 aliphatic heterocycles. The molecule has 1 N–H and O–H groups in total. The number of para-hydroxylation sites is 1. The van der Waals surface area contributed by atoms with Crippen LogP contribution in [0.5, 0.6) is 5.75 Å². The number of likely N-dealkylation sites (tertiary alicyclic amines) is 1. The van der Waals surface area contributed by atoms with Crippen LogP contribution >= 0.6 is 0 Å². The molecule has 0 radical (unpaired) electrons. The smallest absolute Gasteiger partial charge is 0.243 e. The summed E-state index contributed by atoms with van der Waals surface area (Å²) in [4.78, 5) is 20.5. The molecule has 0 atom stereocenters. The van der Waals surface area contributed by atoms with E-state index < -0.39 is 0 Å². The van der Waals surface area contributed by atoms with Gasteiger partial charge in [-0.15, -0.1) is 0 Å². The zero-order valence-electron chi connectivity index (χ0n) is 16.6. The van der Waals surface area contributed by atoms with Crippen LogP contribution in [0.25, 0.3) is 0 Å². The first-order chi connectivity index (χ1) is 13.1. The van der Waals surface area contributed by atoms with Crippen molar-refractivity contribution in [2.45, 2.75) is 50.7 Å². The Bertz CT molecular complexity index is 618. The Labute approximate surface area is 162 Å². The van der Waals surface area contributed by atoms with E-state index in [1.807, 2.05) is 30.3 Å². The highest BCUT2D eigenvalue weighted by Crippen LogP contribution is 2.21. The molecule has 1 aromatic carbocycles. The number of amides is 1. The maximum atomic E-state index is 12.0. The number of benzene rings is 1. The number of carbonyl (C=O) groups excluding carboxylic acids is 1. The molecule has 1 saturated heterocycles. The summed E-state index contributed by atoms with van der Waals surface area (Å²) in [5, 5.41) is 3.61. The largest absolute Gasteiger partial charge is 0.490 e. The minimum Gasteiger partial charge on any atom is -0.490 e. The van der Waals surface area contributed by atoms with Crippen molar-refractivity contribution in [3.8, 4) is 5.75 Å². The van der Waals surface area contributed by atoms with Crippen LogP contribution in [0.1, 0.15) is 38.5 Å². The molecule has 1 amide bonds. The van der Waals surface area contributed by atoms with Gasteiger partial charge in [-0.2, -0.15) is 0 Å². The number of aliphatic imine (C=N–C) groups is 1. The van der Waals surface area contributed by atoms with Gasteiger partial charge in [-0.1, -0.05) is 31.0 Å². The van der Waals surface area contributed by atoms with Gasteiger partial charge < -0.3 is 19.9 Å². The van der Waals surface area contributed by atoms with Gasteiger partial charge >= 0.3 is 0 Å². The predicted octanol–water partition coefficient (Wildman–Crippen LogP) is 2.51. The van der Waals surface area contributed by atoms with Crippen molar-refractivity contribution in [1.29, 1.82) is 0 Å². The highest BCUT2D eigenvalue weighted by atomic mass is 16.5. The van der Waals surface area contributed by atoms with E-state index in [2.05, 4.69) is 15.2 Å². The molecular weight excluding hydrogens is 340 g/mol. The lowest BCUT2D eigenvalue weighted by Crippen LogP contribution is -2.50. The Morgan fingerprint density at radius 3 is 2.44 bits per heavy atom. The number of carbonyl (C=O) groups is 1. The van der Waals surface area contributed by atoms with E-state index >= 15 is 0 Å². The van der Waals surface area contributed by atoms with Crippen LogP contribution in [0.2, 0.25) is 0 Å². The number of ether oxygens (including phenoxy) is 1. The maximum Gasteiger partial charge on any atom is 0.243 e. The molecule has 148 valence electrons. The Balaban J connectivity index is 1.57. The monoisotopic (exact) mass is 372 g/mol. The molecule has 27 heavy (non-hydrogen) atoms. The van der Waals surface area contributed by atoms with Crippen molar-refractivity contribution in [3.05, 3.63) is 30.3 Å². The van der Waals surface area contributed by atoms with E-state index in [1.165, 1.54) is 25.7 Å². The summed E-state index contributed by atoms with van der Waals surface area (Å²) >= 11 is 0. The zero-order chi connectivity index (χ0) is 19.1. The number of guanidine groups is 1. The van der Waals surface area contributed by atoms with Crippen molar-refractivity contribution in [3.63, 3.8) is 0 Å². The van der Waals surface area contributed by atoms with E-state index in [4.69, 9.17) is 4.74 Å². The second-order valence-corrected chi connectivity index (χ2v) is 7.67. The number of hydrogen-bond acceptors (Lipinski definition) is 3. The molecular formula is C21H32N4O2. The number of rotatable bonds is 5. The second kappa shape index (κ2) is 9.62. The summed E-state index contributed by atoms with van der Waals surface area (Å²) in [6.45, 7) is 1.99. The van der Waals surface area contributed by atoms with Gasteiger partial charge in [0.25, 0.3) is 0 Å². The number of likely N-dealkylation sites (N-methyl/N-ethyl adjacent to an activating group) is 1. The predicted molar refractivity (Wildman–Crippen MR) is 108 cm³/mol. The molecule has 0 unspecified atom stereocenters. The third kappa shape index (κ3) is 5.88. The quantitative estimate of drug-likeness (QED) is 0.637. The summed E-state index contributed by atoms with van der Waals surface area (Å²) in [5.74, 6) is 1.85. The van der Waals surface area contributed by atoms with Crippen LogP contribution < -0.4 is 10.1 Å². The lowest BCUT2D eigenvalue weighted by Gasteiger charge is -2.35. The number of nitrogens with one attached hydrogen (secondary N) is 1. The number of hydrogen-bond donors (Lipinski definition) is 1. The first-order valence-corrected chi connectivity index (χ1v) is 10.1.